The third kappa shape index (κ3) is 3.47. The summed E-state index contributed by atoms with van der Waals surface area (Å²) in [6, 6.07) is 1.85. The molecule has 53 valence electrons. The number of nitrogens with two attached hydrogens (primary N) is 1. The molecule has 1 radical (unpaired) electrons. The molecule has 2 N–H and O–H groups in total. The monoisotopic (exact) mass is 263 g/mol. The molecule has 0 saturated heterocycles. The maximum Gasteiger partial charge on any atom is 0 e. The number of hydrogen-bond acceptors (Lipinski definition) is 2. The minimum Gasteiger partial charge on any atom is -0.418 e. The van der Waals surface area contributed by atoms with Crippen LogP contribution in [0.25, 0.3) is 0 Å². The fourth-order valence-electron chi connectivity index (χ4n) is 0.434. The molecule has 0 atom stereocenters. The largest absolute Gasteiger partial charge is 0.418 e. The molecule has 1 aromatic rings. The Labute approximate surface area is 95.2 Å². The Bertz CT molecular complexity index is 168. The van der Waals surface area contributed by atoms with Crippen LogP contribution in [0.3, 0.4) is 0 Å². The molecule has 0 bridgehead atoms. The van der Waals surface area contributed by atoms with Crippen LogP contribution in [0.4, 0.5) is 5.69 Å². The van der Waals surface area contributed by atoms with Gasteiger partial charge in [-0.1, -0.05) is 25.0 Å². The van der Waals surface area contributed by atoms with Crippen LogP contribution in [-0.4, -0.2) is 4.98 Å². The number of aryl methyl sites for hydroxylation is 1. The molecule has 2 nitrogen and oxygen atoms in total. The summed E-state index contributed by atoms with van der Waals surface area (Å²) in [5, 5.41) is 0. The van der Waals surface area contributed by atoms with Crippen LogP contribution in [0.15, 0.2) is 12.3 Å². The number of pyridine rings is 1. The van der Waals surface area contributed by atoms with E-state index in [-0.39, 0.29) is 48.7 Å². The fraction of sp³-hybridized carbons (Fsp3) is 0.143. The number of anilines is 1. The average Bonchev–Trinajstić information content (AvgIpc) is 1.77. The number of rotatable bonds is 0. The van der Waals surface area contributed by atoms with Gasteiger partial charge >= 0.3 is 0 Å². The molecule has 0 fully saturated rings. The number of hydrogen-bond donors (Lipinski definition) is 1. The average molecular weight is 263 g/mol. The van der Waals surface area contributed by atoms with Crippen molar-refractivity contribution in [2.24, 2.45) is 0 Å². The van der Waals surface area contributed by atoms with E-state index in [9.17, 15) is 0 Å². The first-order valence-corrected chi connectivity index (χ1v) is 2.39. The van der Waals surface area contributed by atoms with Gasteiger partial charge < -0.3 is 18.1 Å². The van der Waals surface area contributed by atoms with Crippen molar-refractivity contribution in [1.82, 2.24) is 4.98 Å². The topological polar surface area (TPSA) is 38.9 Å². The van der Waals surface area contributed by atoms with E-state index in [4.69, 9.17) is 5.73 Å². The van der Waals surface area contributed by atoms with Gasteiger partial charge in [-0.3, -0.25) is 0 Å². The Kier molecular flexibility index (Phi) is 7.83. The second-order valence-corrected chi connectivity index (χ2v) is 1.65. The molecule has 0 spiro atoms. The van der Waals surface area contributed by atoms with Crippen molar-refractivity contribution in [2.45, 2.75) is 6.92 Å². The van der Waals surface area contributed by atoms with E-state index in [0.717, 1.165) is 5.56 Å². The number of aromatic nitrogens is 1. The molecular weight excluding hydrogens is 253 g/mol. The quantitative estimate of drug-likeness (QED) is 0.715. The predicted octanol–water partition coefficient (Wildman–Crippen LogP) is 1.22. The zero-order valence-electron chi connectivity index (χ0n) is 6.26. The standard InChI is InChI=1S/C6H7N2.CH3.Pr/c1-5-2-3-8-4-6(5)7;;/h2-3H,7H2,1H3;1H3;/q2*-1;. The van der Waals surface area contributed by atoms with E-state index < -0.39 is 0 Å². The minimum atomic E-state index is 0. The first-order chi connectivity index (χ1) is 3.80. The Hall–Kier alpha value is 0.314. The minimum absolute atomic E-state index is 0. The summed E-state index contributed by atoms with van der Waals surface area (Å²) >= 11 is 0. The Balaban J connectivity index is 0. The van der Waals surface area contributed by atoms with Crippen LogP contribution in [0.1, 0.15) is 5.56 Å². The molecule has 1 heterocycles. The predicted molar refractivity (Wildman–Crippen MR) is 38.6 cm³/mol. The molecule has 0 aliphatic carbocycles. The van der Waals surface area contributed by atoms with Gasteiger partial charge in [0, 0.05) is 41.3 Å². The number of nitrogen functional groups attached to an aromatic ring is 1. The maximum atomic E-state index is 5.40. The summed E-state index contributed by atoms with van der Waals surface area (Å²) in [5.74, 6) is 0. The normalized spacial score (nSPS) is 7.30. The van der Waals surface area contributed by atoms with Gasteiger partial charge in [0.15, 0.2) is 0 Å². The van der Waals surface area contributed by atoms with Crippen LogP contribution in [0.5, 0.6) is 0 Å². The summed E-state index contributed by atoms with van der Waals surface area (Å²) in [7, 11) is 0. The van der Waals surface area contributed by atoms with Crippen molar-refractivity contribution in [3.05, 3.63) is 31.5 Å². The summed E-state index contributed by atoms with van der Waals surface area (Å²) in [6.45, 7) is 1.92. The Morgan fingerprint density at radius 1 is 1.60 bits per heavy atom. The summed E-state index contributed by atoms with van der Waals surface area (Å²) in [6.07, 6.45) is 4.30. The third-order valence-corrected chi connectivity index (χ3v) is 1.01. The van der Waals surface area contributed by atoms with Gasteiger partial charge in [-0.05, 0) is 0 Å². The van der Waals surface area contributed by atoms with Crippen LogP contribution >= 0.6 is 0 Å². The Morgan fingerprint density at radius 2 is 2.20 bits per heavy atom. The fourth-order valence-corrected chi connectivity index (χ4v) is 0.434. The Morgan fingerprint density at radius 3 is 2.50 bits per heavy atom. The van der Waals surface area contributed by atoms with E-state index in [0.29, 0.717) is 5.69 Å². The summed E-state index contributed by atoms with van der Waals surface area (Å²) in [4.78, 5) is 3.70. The molecule has 0 saturated carbocycles. The molecular formula is C7H10N2Pr-2. The van der Waals surface area contributed by atoms with E-state index >= 15 is 0 Å². The van der Waals surface area contributed by atoms with Crippen molar-refractivity contribution in [3.63, 3.8) is 0 Å². The van der Waals surface area contributed by atoms with E-state index in [1.165, 1.54) is 0 Å². The zero-order chi connectivity index (χ0) is 5.98. The van der Waals surface area contributed by atoms with Crippen molar-refractivity contribution >= 4 is 5.69 Å². The maximum absolute atomic E-state index is 5.40. The van der Waals surface area contributed by atoms with Gasteiger partial charge in [-0.15, -0.1) is 5.56 Å². The second-order valence-electron chi connectivity index (χ2n) is 1.65. The number of nitrogens with zero attached hydrogens (tertiary/aromatic N) is 1. The summed E-state index contributed by atoms with van der Waals surface area (Å²) < 4.78 is 0. The van der Waals surface area contributed by atoms with E-state index in [1.54, 1.807) is 6.20 Å². The third-order valence-electron chi connectivity index (χ3n) is 1.01. The van der Waals surface area contributed by atoms with Gasteiger partial charge in [0.2, 0.25) is 0 Å². The molecule has 0 amide bonds. The van der Waals surface area contributed by atoms with Crippen LogP contribution in [0, 0.1) is 61.8 Å². The summed E-state index contributed by atoms with van der Waals surface area (Å²) in [5.41, 5.74) is 7.06. The smallest absolute Gasteiger partial charge is 0 e. The van der Waals surface area contributed by atoms with Crippen molar-refractivity contribution < 1.29 is 41.3 Å². The molecule has 3 heteroatoms. The molecule has 1 aromatic heterocycles. The zero-order valence-corrected chi connectivity index (χ0v) is 9.96. The van der Waals surface area contributed by atoms with Crippen LogP contribution in [-0.2, 0) is 0 Å². The molecule has 10 heavy (non-hydrogen) atoms. The van der Waals surface area contributed by atoms with Gasteiger partial charge in [-0.25, -0.2) is 0 Å². The van der Waals surface area contributed by atoms with Crippen LogP contribution in [0.2, 0.25) is 0 Å². The van der Waals surface area contributed by atoms with E-state index in [1.807, 2.05) is 13.0 Å². The van der Waals surface area contributed by atoms with Gasteiger partial charge in [0.25, 0.3) is 0 Å². The molecule has 0 aliphatic heterocycles. The van der Waals surface area contributed by atoms with Crippen molar-refractivity contribution in [3.8, 4) is 0 Å². The van der Waals surface area contributed by atoms with Crippen molar-refractivity contribution in [1.29, 1.82) is 0 Å². The van der Waals surface area contributed by atoms with E-state index in [2.05, 4.69) is 11.2 Å². The van der Waals surface area contributed by atoms with Gasteiger partial charge in [-0.2, -0.15) is 6.07 Å². The van der Waals surface area contributed by atoms with Crippen molar-refractivity contribution in [2.75, 3.05) is 5.73 Å². The second kappa shape index (κ2) is 6.05. The first kappa shape index (κ1) is 12.9. The molecule has 0 aliphatic rings. The van der Waals surface area contributed by atoms with Gasteiger partial charge in [0.1, 0.15) is 0 Å². The molecule has 0 unspecified atom stereocenters. The molecule has 0 aromatic carbocycles. The van der Waals surface area contributed by atoms with Crippen LogP contribution < -0.4 is 5.73 Å². The first-order valence-electron chi connectivity index (χ1n) is 2.39. The SMILES string of the molecule is Cc1ccn[c-]c1N.[CH3-].[Pr]. The van der Waals surface area contributed by atoms with Gasteiger partial charge in [0.05, 0.1) is 0 Å². The molecule has 1 rings (SSSR count).